The minimum absolute atomic E-state index is 0.187. The predicted octanol–water partition coefficient (Wildman–Crippen LogP) is 4.10. The molecule has 2 heterocycles. The Labute approximate surface area is 136 Å². The highest BCUT2D eigenvalue weighted by Crippen LogP contribution is 2.33. The maximum atomic E-state index is 13.7. The SMILES string of the molecule is CC(F)(F)c1cc(NC(=O)c2ccccn2)cc(-c2cnco2)c1. The molecule has 0 bridgehead atoms. The van der Waals surface area contributed by atoms with Gasteiger partial charge in [-0.05, 0) is 30.3 Å². The quantitative estimate of drug-likeness (QED) is 0.782. The molecule has 0 aliphatic rings. The minimum Gasteiger partial charge on any atom is -0.444 e. The second-order valence-electron chi connectivity index (χ2n) is 5.22. The summed E-state index contributed by atoms with van der Waals surface area (Å²) in [6.45, 7) is 0.789. The largest absolute Gasteiger partial charge is 0.444 e. The third-order valence-corrected chi connectivity index (χ3v) is 3.31. The molecule has 0 unspecified atom stereocenters. The Morgan fingerprint density at radius 3 is 2.71 bits per heavy atom. The molecule has 0 saturated carbocycles. The number of carbonyl (C=O) groups excluding carboxylic acids is 1. The van der Waals surface area contributed by atoms with Gasteiger partial charge >= 0.3 is 0 Å². The molecule has 1 N–H and O–H groups in total. The lowest BCUT2D eigenvalue weighted by Gasteiger charge is -2.14. The van der Waals surface area contributed by atoms with E-state index in [-0.39, 0.29) is 16.9 Å². The van der Waals surface area contributed by atoms with Crippen molar-refractivity contribution in [3.8, 4) is 11.3 Å². The van der Waals surface area contributed by atoms with Crippen LogP contribution in [-0.4, -0.2) is 15.9 Å². The first kappa shape index (κ1) is 15.8. The minimum atomic E-state index is -3.07. The van der Waals surface area contributed by atoms with Gasteiger partial charge in [0.2, 0.25) is 0 Å². The monoisotopic (exact) mass is 329 g/mol. The van der Waals surface area contributed by atoms with Crippen LogP contribution < -0.4 is 5.32 Å². The molecule has 122 valence electrons. The highest BCUT2D eigenvalue weighted by molar-refractivity contribution is 6.03. The first-order valence-electron chi connectivity index (χ1n) is 7.08. The van der Waals surface area contributed by atoms with Crippen molar-refractivity contribution >= 4 is 11.6 Å². The number of oxazole rings is 1. The number of halogens is 2. The number of aromatic nitrogens is 2. The van der Waals surface area contributed by atoms with Crippen molar-refractivity contribution in [1.29, 1.82) is 0 Å². The van der Waals surface area contributed by atoms with Gasteiger partial charge < -0.3 is 9.73 Å². The molecule has 0 radical (unpaired) electrons. The van der Waals surface area contributed by atoms with E-state index in [1.54, 1.807) is 12.1 Å². The van der Waals surface area contributed by atoms with Crippen molar-refractivity contribution in [2.75, 3.05) is 5.32 Å². The average molecular weight is 329 g/mol. The van der Waals surface area contributed by atoms with E-state index in [1.165, 1.54) is 43.1 Å². The summed E-state index contributed by atoms with van der Waals surface area (Å²) < 4.78 is 32.6. The van der Waals surface area contributed by atoms with Gasteiger partial charge in [0.05, 0.1) is 6.20 Å². The Morgan fingerprint density at radius 2 is 2.08 bits per heavy atom. The third kappa shape index (κ3) is 3.45. The van der Waals surface area contributed by atoms with Crippen LogP contribution in [0.3, 0.4) is 0 Å². The molecule has 0 aliphatic heterocycles. The van der Waals surface area contributed by atoms with Crippen LogP contribution in [0.15, 0.2) is 59.6 Å². The number of nitrogens with one attached hydrogen (secondary N) is 1. The normalized spacial score (nSPS) is 11.3. The van der Waals surface area contributed by atoms with Gasteiger partial charge in [-0.15, -0.1) is 0 Å². The smallest absolute Gasteiger partial charge is 0.274 e. The second kappa shape index (κ2) is 6.19. The van der Waals surface area contributed by atoms with Crippen LogP contribution in [0.2, 0.25) is 0 Å². The fourth-order valence-corrected chi connectivity index (χ4v) is 2.15. The molecule has 0 fully saturated rings. The fourth-order valence-electron chi connectivity index (χ4n) is 2.15. The van der Waals surface area contributed by atoms with E-state index in [4.69, 9.17) is 4.42 Å². The number of hydrogen-bond acceptors (Lipinski definition) is 4. The van der Waals surface area contributed by atoms with E-state index < -0.39 is 11.8 Å². The summed E-state index contributed by atoms with van der Waals surface area (Å²) in [5.74, 6) is -3.23. The molecule has 0 spiro atoms. The zero-order valence-electron chi connectivity index (χ0n) is 12.7. The van der Waals surface area contributed by atoms with Gasteiger partial charge in [-0.25, -0.2) is 13.8 Å². The van der Waals surface area contributed by atoms with Crippen LogP contribution in [-0.2, 0) is 5.92 Å². The number of anilines is 1. The Kier molecular flexibility index (Phi) is 4.07. The molecule has 3 rings (SSSR count). The van der Waals surface area contributed by atoms with Gasteiger partial charge in [0.25, 0.3) is 11.8 Å². The molecule has 5 nitrogen and oxygen atoms in total. The van der Waals surface area contributed by atoms with E-state index in [9.17, 15) is 13.6 Å². The van der Waals surface area contributed by atoms with E-state index in [0.717, 1.165) is 6.92 Å². The summed E-state index contributed by atoms with van der Waals surface area (Å²) in [5, 5.41) is 2.58. The third-order valence-electron chi connectivity index (χ3n) is 3.31. The topological polar surface area (TPSA) is 68.0 Å². The summed E-state index contributed by atoms with van der Waals surface area (Å²) in [6.07, 6.45) is 4.10. The van der Waals surface area contributed by atoms with Crippen LogP contribution >= 0.6 is 0 Å². The first-order valence-corrected chi connectivity index (χ1v) is 7.08. The maximum Gasteiger partial charge on any atom is 0.274 e. The van der Waals surface area contributed by atoms with Crippen LogP contribution in [0.4, 0.5) is 14.5 Å². The van der Waals surface area contributed by atoms with Crippen molar-refractivity contribution in [2.24, 2.45) is 0 Å². The second-order valence-corrected chi connectivity index (χ2v) is 5.22. The number of rotatable bonds is 4. The molecular formula is C17H13F2N3O2. The standard InChI is InChI=1S/C17H13F2N3O2/c1-17(18,19)12-6-11(15-9-20-10-24-15)7-13(8-12)22-16(23)14-4-2-3-5-21-14/h2-10H,1H3,(H,22,23). The lowest BCUT2D eigenvalue weighted by molar-refractivity contribution is 0.0175. The number of alkyl halides is 2. The Bertz CT molecular complexity index is 844. The van der Waals surface area contributed by atoms with Crippen molar-refractivity contribution in [1.82, 2.24) is 9.97 Å². The van der Waals surface area contributed by atoms with Crippen LogP contribution in [0.25, 0.3) is 11.3 Å². The molecule has 3 aromatic rings. The van der Waals surface area contributed by atoms with E-state index >= 15 is 0 Å². The molecule has 2 aromatic heterocycles. The fraction of sp³-hybridized carbons (Fsp3) is 0.118. The van der Waals surface area contributed by atoms with Gasteiger partial charge in [-0.2, -0.15) is 0 Å². The molecule has 0 aliphatic carbocycles. The van der Waals surface area contributed by atoms with Gasteiger partial charge in [0.1, 0.15) is 5.69 Å². The summed E-state index contributed by atoms with van der Waals surface area (Å²) in [4.78, 5) is 19.9. The molecular weight excluding hydrogens is 316 g/mol. The number of amides is 1. The van der Waals surface area contributed by atoms with Crippen LogP contribution in [0, 0.1) is 0 Å². The molecule has 0 saturated heterocycles. The van der Waals surface area contributed by atoms with Gasteiger partial charge in [-0.3, -0.25) is 9.78 Å². The lowest BCUT2D eigenvalue weighted by Crippen LogP contribution is -2.15. The van der Waals surface area contributed by atoms with Crippen LogP contribution in [0.5, 0.6) is 0 Å². The highest BCUT2D eigenvalue weighted by atomic mass is 19.3. The van der Waals surface area contributed by atoms with Gasteiger partial charge in [0, 0.05) is 29.9 Å². The molecule has 7 heteroatoms. The van der Waals surface area contributed by atoms with Crippen molar-refractivity contribution in [3.05, 3.63) is 66.4 Å². The molecule has 1 aromatic carbocycles. The Hall–Kier alpha value is -3.09. The summed E-state index contributed by atoms with van der Waals surface area (Å²) in [7, 11) is 0. The average Bonchev–Trinajstić information content (AvgIpc) is 3.09. The number of benzene rings is 1. The summed E-state index contributed by atoms with van der Waals surface area (Å²) >= 11 is 0. The Morgan fingerprint density at radius 1 is 1.25 bits per heavy atom. The van der Waals surface area contributed by atoms with Gasteiger partial charge in [-0.1, -0.05) is 6.07 Å². The lowest BCUT2D eigenvalue weighted by atomic mass is 10.0. The number of carbonyl (C=O) groups is 1. The predicted molar refractivity (Wildman–Crippen MR) is 83.7 cm³/mol. The van der Waals surface area contributed by atoms with Crippen molar-refractivity contribution in [2.45, 2.75) is 12.8 Å². The van der Waals surface area contributed by atoms with Crippen molar-refractivity contribution < 1.29 is 18.0 Å². The van der Waals surface area contributed by atoms with E-state index in [1.807, 2.05) is 0 Å². The van der Waals surface area contributed by atoms with E-state index in [0.29, 0.717) is 11.3 Å². The number of nitrogens with zero attached hydrogens (tertiary/aromatic N) is 2. The Balaban J connectivity index is 1.98. The maximum absolute atomic E-state index is 13.7. The summed E-state index contributed by atoms with van der Waals surface area (Å²) in [6, 6.07) is 8.94. The first-order chi connectivity index (χ1) is 11.4. The number of pyridine rings is 1. The zero-order chi connectivity index (χ0) is 17.2. The van der Waals surface area contributed by atoms with Crippen LogP contribution in [0.1, 0.15) is 23.0 Å². The number of hydrogen-bond donors (Lipinski definition) is 1. The molecule has 24 heavy (non-hydrogen) atoms. The van der Waals surface area contributed by atoms with E-state index in [2.05, 4.69) is 15.3 Å². The molecule has 1 amide bonds. The zero-order valence-corrected chi connectivity index (χ0v) is 12.7. The van der Waals surface area contributed by atoms with Crippen molar-refractivity contribution in [3.63, 3.8) is 0 Å². The summed E-state index contributed by atoms with van der Waals surface area (Å²) in [5.41, 5.74) is 0.555. The molecule has 0 atom stereocenters. The highest BCUT2D eigenvalue weighted by Gasteiger charge is 2.26. The van der Waals surface area contributed by atoms with Gasteiger partial charge in [0.15, 0.2) is 12.2 Å².